The monoisotopic (exact) mass is 239 g/mol. The van der Waals surface area contributed by atoms with Gasteiger partial charge >= 0.3 is 5.69 Å². The lowest BCUT2D eigenvalue weighted by Gasteiger charge is -2.21. The van der Waals surface area contributed by atoms with E-state index in [4.69, 9.17) is 0 Å². The minimum atomic E-state index is -0.733. The van der Waals surface area contributed by atoms with Crippen LogP contribution in [0, 0.1) is 0 Å². The first-order valence-corrected chi connectivity index (χ1v) is 4.85. The topological polar surface area (TPSA) is 137 Å². The molecule has 2 amide bonds. The Morgan fingerprint density at radius 3 is 2.65 bits per heavy atom. The molecule has 0 radical (unpaired) electrons. The molecule has 9 nitrogen and oxygen atoms in total. The highest BCUT2D eigenvalue weighted by Gasteiger charge is 2.27. The van der Waals surface area contributed by atoms with Crippen molar-refractivity contribution in [3.8, 4) is 0 Å². The van der Waals surface area contributed by atoms with Crippen LogP contribution in [0.25, 0.3) is 0 Å². The number of hydrogen-bond donors (Lipinski definition) is 4. The quantitative estimate of drug-likeness (QED) is 0.427. The molecule has 17 heavy (non-hydrogen) atoms. The maximum absolute atomic E-state index is 11.4. The van der Waals surface area contributed by atoms with Crippen molar-refractivity contribution < 1.29 is 9.59 Å². The molecule has 1 aliphatic rings. The van der Waals surface area contributed by atoms with E-state index in [1.54, 1.807) is 0 Å². The van der Waals surface area contributed by atoms with E-state index in [0.29, 0.717) is 0 Å². The number of aromatic nitrogens is 3. The summed E-state index contributed by atoms with van der Waals surface area (Å²) in [5.41, 5.74) is -1.46. The van der Waals surface area contributed by atoms with Crippen LogP contribution in [0.4, 0.5) is 5.82 Å². The molecule has 1 unspecified atom stereocenters. The third-order valence-corrected chi connectivity index (χ3v) is 2.26. The van der Waals surface area contributed by atoms with E-state index in [2.05, 4.69) is 15.7 Å². The van der Waals surface area contributed by atoms with Crippen LogP contribution < -0.4 is 21.9 Å². The van der Waals surface area contributed by atoms with E-state index >= 15 is 0 Å². The second kappa shape index (κ2) is 4.20. The lowest BCUT2D eigenvalue weighted by molar-refractivity contribution is -0.133. The molecule has 1 atom stereocenters. The molecule has 4 N–H and O–H groups in total. The van der Waals surface area contributed by atoms with Crippen LogP contribution in [-0.4, -0.2) is 33.0 Å². The molecule has 1 fully saturated rings. The predicted molar refractivity (Wildman–Crippen MR) is 55.3 cm³/mol. The fraction of sp³-hybridized carbons (Fsp3) is 0.375. The Morgan fingerprint density at radius 2 is 2.00 bits per heavy atom. The summed E-state index contributed by atoms with van der Waals surface area (Å²) in [5.74, 6) is -1.04. The average molecular weight is 239 g/mol. The van der Waals surface area contributed by atoms with E-state index in [1.807, 2.05) is 10.1 Å². The van der Waals surface area contributed by atoms with Crippen LogP contribution in [0.5, 0.6) is 0 Å². The van der Waals surface area contributed by atoms with Crippen molar-refractivity contribution in [3.63, 3.8) is 0 Å². The van der Waals surface area contributed by atoms with Crippen LogP contribution in [0.2, 0.25) is 0 Å². The molecule has 0 aliphatic carbocycles. The van der Waals surface area contributed by atoms with Gasteiger partial charge in [0.2, 0.25) is 17.6 Å². The number of anilines is 1. The standard InChI is InChI=1S/C8H9N5O4/c14-4-2-1-3(6(15)10-4)9-5-7(16)11-8(17)13-12-5/h3H,1-2H2,(H,9,12)(H,10,14,15)(H2,11,13,16,17). The molecular formula is C8H9N5O4. The predicted octanol–water partition coefficient (Wildman–Crippen LogP) is -2.32. The number of carbonyl (C=O) groups excluding carboxylic acids is 2. The highest BCUT2D eigenvalue weighted by Crippen LogP contribution is 2.07. The fourth-order valence-electron chi connectivity index (χ4n) is 1.44. The van der Waals surface area contributed by atoms with E-state index in [1.165, 1.54) is 0 Å². The Labute approximate surface area is 93.6 Å². The van der Waals surface area contributed by atoms with Gasteiger partial charge < -0.3 is 5.32 Å². The number of nitrogens with one attached hydrogen (secondary N) is 4. The second-order valence-electron chi connectivity index (χ2n) is 3.50. The SMILES string of the molecule is O=C1CCC(Nc2n[nH]c(=O)[nH]c2=O)C(=O)N1. The van der Waals surface area contributed by atoms with Crippen LogP contribution in [0.1, 0.15) is 12.8 Å². The first-order valence-electron chi connectivity index (χ1n) is 4.85. The van der Waals surface area contributed by atoms with Gasteiger partial charge in [-0.05, 0) is 6.42 Å². The molecule has 1 aliphatic heterocycles. The molecule has 0 spiro atoms. The number of nitrogens with zero attached hydrogens (tertiary/aromatic N) is 1. The van der Waals surface area contributed by atoms with Gasteiger partial charge in [0, 0.05) is 6.42 Å². The first-order chi connectivity index (χ1) is 8.06. The molecule has 0 saturated carbocycles. The van der Waals surface area contributed by atoms with Gasteiger partial charge in [-0.15, -0.1) is 5.10 Å². The van der Waals surface area contributed by atoms with Gasteiger partial charge in [-0.2, -0.15) is 0 Å². The fourth-order valence-corrected chi connectivity index (χ4v) is 1.44. The Hall–Kier alpha value is -2.45. The zero-order chi connectivity index (χ0) is 12.4. The molecule has 9 heteroatoms. The van der Waals surface area contributed by atoms with E-state index in [-0.39, 0.29) is 24.6 Å². The summed E-state index contributed by atoms with van der Waals surface area (Å²) in [6.07, 6.45) is 0.454. The molecule has 1 aromatic heterocycles. The summed E-state index contributed by atoms with van der Waals surface area (Å²) in [5, 5.41) is 10.2. The van der Waals surface area contributed by atoms with Crippen molar-refractivity contribution in [2.45, 2.75) is 18.9 Å². The largest absolute Gasteiger partial charge is 0.352 e. The van der Waals surface area contributed by atoms with Gasteiger partial charge in [0.1, 0.15) is 6.04 Å². The van der Waals surface area contributed by atoms with Gasteiger partial charge in [0.05, 0.1) is 0 Å². The second-order valence-corrected chi connectivity index (χ2v) is 3.50. The maximum atomic E-state index is 11.4. The number of amides is 2. The minimum Gasteiger partial charge on any atom is -0.352 e. The molecule has 2 rings (SSSR count). The number of H-pyrrole nitrogens is 2. The number of aromatic amines is 2. The highest BCUT2D eigenvalue weighted by atomic mass is 16.2. The number of hydrogen-bond acceptors (Lipinski definition) is 6. The van der Waals surface area contributed by atoms with Crippen LogP contribution in [0.3, 0.4) is 0 Å². The maximum Gasteiger partial charge on any atom is 0.342 e. The van der Waals surface area contributed by atoms with Crippen molar-refractivity contribution in [3.05, 3.63) is 20.8 Å². The number of carbonyl (C=O) groups is 2. The summed E-state index contributed by atoms with van der Waals surface area (Å²) in [7, 11) is 0. The molecular weight excluding hydrogens is 230 g/mol. The van der Waals surface area contributed by atoms with Crippen LogP contribution in [0.15, 0.2) is 9.59 Å². The van der Waals surface area contributed by atoms with Crippen molar-refractivity contribution in [2.24, 2.45) is 0 Å². The van der Waals surface area contributed by atoms with Gasteiger partial charge in [-0.3, -0.25) is 24.7 Å². The van der Waals surface area contributed by atoms with E-state index < -0.39 is 23.2 Å². The zero-order valence-electron chi connectivity index (χ0n) is 8.57. The average Bonchev–Trinajstić information content (AvgIpc) is 2.25. The molecule has 0 bridgehead atoms. The van der Waals surface area contributed by atoms with Crippen LogP contribution >= 0.6 is 0 Å². The summed E-state index contributed by atoms with van der Waals surface area (Å²) in [4.78, 5) is 46.2. The minimum absolute atomic E-state index is 0.168. The molecule has 0 aromatic carbocycles. The first kappa shape index (κ1) is 11.0. The highest BCUT2D eigenvalue weighted by molar-refractivity contribution is 6.01. The number of piperidine rings is 1. The summed E-state index contributed by atoms with van der Waals surface area (Å²) >= 11 is 0. The molecule has 2 heterocycles. The van der Waals surface area contributed by atoms with Crippen LogP contribution in [-0.2, 0) is 9.59 Å². The van der Waals surface area contributed by atoms with Crippen molar-refractivity contribution in [1.82, 2.24) is 20.5 Å². The molecule has 90 valence electrons. The van der Waals surface area contributed by atoms with Gasteiger partial charge in [-0.1, -0.05) is 0 Å². The summed E-state index contributed by atoms with van der Waals surface area (Å²) < 4.78 is 0. The third kappa shape index (κ3) is 2.38. The van der Waals surface area contributed by atoms with E-state index in [0.717, 1.165) is 0 Å². The lowest BCUT2D eigenvalue weighted by Crippen LogP contribution is -2.48. The van der Waals surface area contributed by atoms with E-state index in [9.17, 15) is 19.2 Å². The zero-order valence-corrected chi connectivity index (χ0v) is 8.57. The smallest absolute Gasteiger partial charge is 0.342 e. The Bertz CT molecular complexity index is 574. The molecule has 1 aromatic rings. The number of imide groups is 1. The van der Waals surface area contributed by atoms with Crippen molar-refractivity contribution >= 4 is 17.6 Å². The Balaban J connectivity index is 2.16. The lowest BCUT2D eigenvalue weighted by atomic mass is 10.1. The van der Waals surface area contributed by atoms with Gasteiger partial charge in [-0.25, -0.2) is 9.89 Å². The molecule has 1 saturated heterocycles. The van der Waals surface area contributed by atoms with Crippen molar-refractivity contribution in [2.75, 3.05) is 5.32 Å². The van der Waals surface area contributed by atoms with Gasteiger partial charge in [0.25, 0.3) is 5.56 Å². The Kier molecular flexibility index (Phi) is 2.73. The summed E-state index contributed by atoms with van der Waals surface area (Å²) in [6, 6.07) is -0.716. The summed E-state index contributed by atoms with van der Waals surface area (Å²) in [6.45, 7) is 0. The van der Waals surface area contributed by atoms with Gasteiger partial charge in [0.15, 0.2) is 0 Å². The van der Waals surface area contributed by atoms with Crippen molar-refractivity contribution in [1.29, 1.82) is 0 Å². The normalized spacial score (nSPS) is 19.9. The Morgan fingerprint density at radius 1 is 1.24 bits per heavy atom. The third-order valence-electron chi connectivity index (χ3n) is 2.26. The number of rotatable bonds is 2.